The number of para-hydroxylation sites is 4. The first-order chi connectivity index (χ1) is 70.0. The molecule has 0 fully saturated rings. The number of hydrogen-bond acceptors (Lipinski definition) is 40. The lowest BCUT2D eigenvalue weighted by atomic mass is 10.0. The summed E-state index contributed by atoms with van der Waals surface area (Å²) in [5.41, 5.74) is -4.81. The summed E-state index contributed by atoms with van der Waals surface area (Å²) >= 11 is 18.1. The number of thiazole rings is 4. The van der Waals surface area contributed by atoms with Crippen LogP contribution >= 0.6 is 109 Å². The van der Waals surface area contributed by atoms with Crippen molar-refractivity contribution in [2.75, 3.05) is 56.9 Å². The fraction of sp³-hybridized carbons (Fsp3) is 0.348. The zero-order chi connectivity index (χ0) is 108. The van der Waals surface area contributed by atoms with Crippen molar-refractivity contribution >= 4 is 148 Å². The largest absolute Gasteiger partial charge is 0.494 e. The Morgan fingerprint density at radius 2 is 0.446 bits per heavy atom. The highest BCUT2D eigenvalue weighted by atomic mass is 79.9. The van der Waals surface area contributed by atoms with E-state index in [1.165, 1.54) is 198 Å². The Bertz CT molecular complexity index is 6920. The highest BCUT2D eigenvalue weighted by Gasteiger charge is 2.50. The molecule has 0 saturated carbocycles. The van der Waals surface area contributed by atoms with E-state index in [2.05, 4.69) is 164 Å². The Hall–Kier alpha value is -11.9. The minimum Gasteiger partial charge on any atom is -0.494 e. The minimum absolute atomic E-state index is 0.0463. The number of halogens is 8. The van der Waals surface area contributed by atoms with Crippen LogP contribution in [0.25, 0.3) is 66.1 Å². The van der Waals surface area contributed by atoms with E-state index in [9.17, 15) is 33.7 Å². The average Bonchev–Trinajstić information content (AvgIpc) is 1.63. The third-order valence-corrected chi connectivity index (χ3v) is 37.6. The maximum atomic E-state index is 15.9. The van der Waals surface area contributed by atoms with Crippen LogP contribution in [0.5, 0.6) is 46.0 Å². The van der Waals surface area contributed by atoms with Crippen LogP contribution in [0.4, 0.5) is 17.6 Å². The van der Waals surface area contributed by atoms with E-state index in [-0.39, 0.29) is 46.6 Å². The van der Waals surface area contributed by atoms with Gasteiger partial charge >= 0.3 is 0 Å². The van der Waals surface area contributed by atoms with E-state index in [1.807, 2.05) is 49.2 Å². The third-order valence-electron chi connectivity index (χ3n) is 23.4. The molecular formula is C92H96Br4F4N24O16S8. The number of aromatic nitrogens is 24. The predicted molar refractivity (Wildman–Crippen MR) is 562 cm³/mol. The number of ether oxygens (including phenoxy) is 8. The van der Waals surface area contributed by atoms with E-state index in [0.29, 0.717) is 130 Å². The zero-order valence-corrected chi connectivity index (χ0v) is 95.4. The van der Waals surface area contributed by atoms with Gasteiger partial charge in [-0.15, -0.1) is 86.1 Å². The molecule has 0 N–H and O–H groups in total. The molecular weight excluding hydrogens is 2350 g/mol. The summed E-state index contributed by atoms with van der Waals surface area (Å²) in [6.45, 7) is 17.1. The van der Waals surface area contributed by atoms with E-state index in [0.717, 1.165) is 50.5 Å². The summed E-state index contributed by atoms with van der Waals surface area (Å²) in [5.74, 6) is 1.18. The number of alkyl halides is 4. The number of rotatable bonds is 36. The number of aryl methyl sites for hydroxylation is 4. The summed E-state index contributed by atoms with van der Waals surface area (Å²) in [7, 11) is -4.71. The molecule has 8 atom stereocenters. The van der Waals surface area contributed by atoms with Gasteiger partial charge in [-0.25, -0.2) is 111 Å². The number of sulfone groups is 4. The SMILES string of the molecule is COc1cccc(OC)c1-n1c(CS(=O)(=O)[C@@H](C)[C@@](C)(F)c2ncc(Br)cn2)nnc1-c1nc(C)cs1.COc1cccc(OC)c1-n1c(CS(=O)(=O)[C@@H](C)[C@](C)(F)c2ncc(Br)cn2)nnc1-c1nc(C)cs1.COc1cccc(OC)c1-n1c(CS(=O)(=O)[C@H](C)[C@@](C)(F)c2ncc(Br)cn2)nnc1-c1nc(C)cs1.COc1cccc(OC)c1-n1c(CS(=O)(=O)[C@H](C)[C@](C)(F)c2ncc(Br)cn2)nnc1-c1nc(C)cs1. The monoisotopic (exact) mass is 2440 g/mol. The van der Waals surface area contributed by atoms with Gasteiger partial charge in [-0.3, -0.25) is 18.3 Å². The highest BCUT2D eigenvalue weighted by Crippen LogP contribution is 2.47. The van der Waals surface area contributed by atoms with Crippen LogP contribution in [0.15, 0.2) is 162 Å². The molecule has 0 bridgehead atoms. The quantitative estimate of drug-likeness (QED) is 0.0329. The average molecular weight is 2450 g/mol. The van der Waals surface area contributed by atoms with Gasteiger partial charge in [0.15, 0.2) is 152 Å². The molecule has 0 amide bonds. The Kier molecular flexibility index (Phi) is 35.7. The molecule has 12 heterocycles. The summed E-state index contributed by atoms with van der Waals surface area (Å²) in [6.07, 6.45) is 10.9. The lowest BCUT2D eigenvalue weighted by molar-refractivity contribution is 0.174. The smallest absolute Gasteiger partial charge is 0.197 e. The molecule has 16 aromatic rings. The van der Waals surface area contributed by atoms with Crippen molar-refractivity contribution in [3.63, 3.8) is 0 Å². The molecule has 40 nitrogen and oxygen atoms in total. The summed E-state index contributed by atoms with van der Waals surface area (Å²) in [6, 6.07) is 20.6. The second-order valence-corrected chi connectivity index (χ2v) is 49.7. The van der Waals surface area contributed by atoms with Crippen molar-refractivity contribution in [2.45, 2.75) is 150 Å². The fourth-order valence-electron chi connectivity index (χ4n) is 14.7. The van der Waals surface area contributed by atoms with Crippen LogP contribution in [-0.2, 0) is 85.0 Å². The van der Waals surface area contributed by atoms with Crippen molar-refractivity contribution in [3.8, 4) is 112 Å². The molecule has 0 aliphatic rings. The number of benzene rings is 4. The lowest BCUT2D eigenvalue weighted by Crippen LogP contribution is -2.39. The second kappa shape index (κ2) is 46.7. The van der Waals surface area contributed by atoms with E-state index < -0.39 is 106 Å². The normalized spacial score (nSPS) is 14.2. The topological polar surface area (TPSA) is 488 Å². The van der Waals surface area contributed by atoms with Gasteiger partial charge in [0, 0.05) is 93.9 Å². The number of hydrogen-bond donors (Lipinski definition) is 0. The Morgan fingerprint density at radius 1 is 0.291 bits per heavy atom. The van der Waals surface area contributed by atoms with Crippen LogP contribution < -0.4 is 37.9 Å². The Labute approximate surface area is 898 Å². The van der Waals surface area contributed by atoms with Gasteiger partial charge in [-0.05, 0) is 195 Å². The van der Waals surface area contributed by atoms with E-state index >= 15 is 17.6 Å². The maximum absolute atomic E-state index is 15.9. The first kappa shape index (κ1) is 113. The van der Waals surface area contributed by atoms with Gasteiger partial charge in [-0.2, -0.15) is 0 Å². The van der Waals surface area contributed by atoms with Gasteiger partial charge in [-0.1, -0.05) is 24.3 Å². The summed E-state index contributed by atoms with van der Waals surface area (Å²) < 4.78 is 225. The molecule has 0 unspecified atom stereocenters. The van der Waals surface area contributed by atoms with Crippen LogP contribution in [0.1, 0.15) is 125 Å². The molecule has 16 rings (SSSR count). The molecule has 0 aliphatic heterocycles. The van der Waals surface area contributed by atoms with Crippen LogP contribution in [-0.4, -0.2) is 230 Å². The standard InChI is InChI=1S/4C23H24BrFN6O4S2/c4*1-13-11-36-21(28-13)20-30-29-18(31(20)19-16(34-4)7-6-8-17(19)35-5)12-37(32,33)14(2)23(3,25)22-26-9-15(24)10-27-22/h4*6-11,14H,12H2,1-5H3/t2*14-,23+;2*14-,23-/m1010/s1. The maximum Gasteiger partial charge on any atom is 0.197 e. The molecule has 56 heteroatoms. The van der Waals surface area contributed by atoms with Gasteiger partial charge in [0.25, 0.3) is 0 Å². The van der Waals surface area contributed by atoms with Crippen molar-refractivity contribution in [1.29, 1.82) is 0 Å². The number of nitrogens with zero attached hydrogens (tertiary/aromatic N) is 24. The van der Waals surface area contributed by atoms with E-state index in [4.69, 9.17) is 37.9 Å². The lowest BCUT2D eigenvalue weighted by Gasteiger charge is -2.26. The number of methoxy groups -OCH3 is 8. The fourth-order valence-corrected chi connectivity index (χ4v) is 24.9. The molecule has 148 heavy (non-hydrogen) atoms. The van der Waals surface area contributed by atoms with Crippen LogP contribution in [0.3, 0.4) is 0 Å². The van der Waals surface area contributed by atoms with Gasteiger partial charge in [0.2, 0.25) is 0 Å². The van der Waals surface area contributed by atoms with E-state index in [1.54, 1.807) is 72.8 Å². The van der Waals surface area contributed by atoms with Crippen molar-refractivity contribution < 1.29 is 89.1 Å². The van der Waals surface area contributed by atoms with Crippen LogP contribution in [0, 0.1) is 27.7 Å². The van der Waals surface area contributed by atoms with Gasteiger partial charge < -0.3 is 37.9 Å². The first-order valence-electron chi connectivity index (χ1n) is 43.8. The predicted octanol–water partition coefficient (Wildman–Crippen LogP) is 17.8. The molecule has 0 saturated heterocycles. The summed E-state index contributed by atoms with van der Waals surface area (Å²) in [5, 5.41) is 37.3. The third kappa shape index (κ3) is 24.4. The second-order valence-electron chi connectivity index (χ2n) is 33.3. The van der Waals surface area contributed by atoms with Gasteiger partial charge in [0.05, 0.1) is 74.8 Å². The Morgan fingerprint density at radius 3 is 0.581 bits per heavy atom. The summed E-state index contributed by atoms with van der Waals surface area (Å²) in [4.78, 5) is 49.8. The first-order valence-corrected chi connectivity index (χ1v) is 57.4. The molecule has 12 aromatic heterocycles. The Balaban J connectivity index is 0.000000165. The molecule has 784 valence electrons. The molecule has 0 aliphatic carbocycles. The van der Waals surface area contributed by atoms with Crippen LogP contribution in [0.2, 0.25) is 0 Å². The zero-order valence-electron chi connectivity index (χ0n) is 82.5. The molecule has 0 radical (unpaired) electrons. The highest BCUT2D eigenvalue weighted by molar-refractivity contribution is 9.11. The molecule has 4 aromatic carbocycles. The van der Waals surface area contributed by atoms with Gasteiger partial charge in [0.1, 0.15) is 113 Å². The van der Waals surface area contributed by atoms with Crippen molar-refractivity contribution in [2.24, 2.45) is 0 Å². The minimum atomic E-state index is -4.15. The van der Waals surface area contributed by atoms with Crippen molar-refractivity contribution in [1.82, 2.24) is 119 Å². The molecule has 0 spiro atoms. The van der Waals surface area contributed by atoms with Crippen molar-refractivity contribution in [3.05, 3.63) is 231 Å².